The number of anilines is 1. The Bertz CT molecular complexity index is 786. The molecule has 0 saturated heterocycles. The van der Waals surface area contributed by atoms with Gasteiger partial charge in [-0.1, -0.05) is 11.3 Å². The van der Waals surface area contributed by atoms with E-state index < -0.39 is 14.8 Å². The second-order valence-corrected chi connectivity index (χ2v) is 11.2. The van der Waals surface area contributed by atoms with Crippen molar-refractivity contribution in [1.82, 2.24) is 14.7 Å². The molecular formula is C17H26N4O2S2. The second kappa shape index (κ2) is 7.17. The van der Waals surface area contributed by atoms with Crippen LogP contribution in [0.2, 0.25) is 0 Å². The summed E-state index contributed by atoms with van der Waals surface area (Å²) in [6, 6.07) is 4.27. The summed E-state index contributed by atoms with van der Waals surface area (Å²) in [5.74, 6) is 0.409. The summed E-state index contributed by atoms with van der Waals surface area (Å²) in [5, 5.41) is 4.44. The Morgan fingerprint density at radius 3 is 2.60 bits per heavy atom. The zero-order chi connectivity index (χ0) is 18.1. The molecule has 8 heteroatoms. The van der Waals surface area contributed by atoms with Gasteiger partial charge in [-0.15, -0.1) is 0 Å². The number of pyridine rings is 1. The number of nitrogens with zero attached hydrogens (tertiary/aromatic N) is 2. The molecule has 138 valence electrons. The topological polar surface area (TPSA) is 84.0 Å². The maximum absolute atomic E-state index is 12.1. The predicted octanol–water partition coefficient (Wildman–Crippen LogP) is 3.38. The average molecular weight is 383 g/mol. The molecule has 2 aromatic heterocycles. The number of fused-ring (bicyclic) bond motifs is 1. The summed E-state index contributed by atoms with van der Waals surface area (Å²) >= 11 is 1.58. The highest BCUT2D eigenvalue weighted by Gasteiger charge is 2.30. The van der Waals surface area contributed by atoms with Crippen molar-refractivity contribution in [2.45, 2.75) is 57.2 Å². The molecule has 6 nitrogen and oxygen atoms in total. The van der Waals surface area contributed by atoms with Gasteiger partial charge in [-0.3, -0.25) is 0 Å². The average Bonchev–Trinajstić information content (AvgIpc) is 2.95. The first-order chi connectivity index (χ1) is 11.7. The van der Waals surface area contributed by atoms with E-state index in [0.29, 0.717) is 18.5 Å². The smallest absolute Gasteiger partial charge is 0.216 e. The number of aromatic nitrogens is 2. The monoisotopic (exact) mass is 382 g/mol. The quantitative estimate of drug-likeness (QED) is 0.828. The maximum Gasteiger partial charge on any atom is 0.216 e. The molecule has 1 aliphatic carbocycles. The molecule has 1 aliphatic rings. The highest BCUT2D eigenvalue weighted by Crippen LogP contribution is 2.29. The van der Waals surface area contributed by atoms with E-state index in [2.05, 4.69) is 20.0 Å². The highest BCUT2D eigenvalue weighted by atomic mass is 32.2. The third-order valence-electron chi connectivity index (χ3n) is 4.71. The van der Waals surface area contributed by atoms with Gasteiger partial charge in [0.1, 0.15) is 10.3 Å². The summed E-state index contributed by atoms with van der Waals surface area (Å²) in [7, 11) is -3.25. The van der Waals surface area contributed by atoms with Gasteiger partial charge in [0, 0.05) is 18.8 Å². The molecule has 2 aromatic rings. The van der Waals surface area contributed by atoms with Crippen molar-refractivity contribution in [3.8, 4) is 0 Å². The molecule has 1 saturated carbocycles. The number of rotatable bonds is 5. The Morgan fingerprint density at radius 2 is 1.96 bits per heavy atom. The molecular weight excluding hydrogens is 356 g/mol. The lowest BCUT2D eigenvalue weighted by Crippen LogP contribution is -2.42. The first-order valence-electron chi connectivity index (χ1n) is 8.72. The van der Waals surface area contributed by atoms with Crippen LogP contribution in [0.15, 0.2) is 18.3 Å². The minimum absolute atomic E-state index is 0.399. The van der Waals surface area contributed by atoms with Crippen molar-refractivity contribution in [3.63, 3.8) is 0 Å². The molecule has 1 fully saturated rings. The van der Waals surface area contributed by atoms with E-state index in [1.54, 1.807) is 38.3 Å². The molecule has 0 unspecified atom stereocenters. The van der Waals surface area contributed by atoms with Gasteiger partial charge < -0.3 is 5.32 Å². The molecule has 2 N–H and O–H groups in total. The van der Waals surface area contributed by atoms with Crippen LogP contribution in [-0.2, 0) is 10.0 Å². The van der Waals surface area contributed by atoms with Gasteiger partial charge in [0.05, 0.1) is 4.75 Å². The van der Waals surface area contributed by atoms with Crippen LogP contribution in [-0.4, -0.2) is 35.7 Å². The van der Waals surface area contributed by atoms with Crippen LogP contribution in [0.25, 0.3) is 10.3 Å². The number of thiazole rings is 1. The van der Waals surface area contributed by atoms with E-state index in [-0.39, 0.29) is 0 Å². The van der Waals surface area contributed by atoms with Crippen LogP contribution in [0.4, 0.5) is 5.13 Å². The lowest BCUT2D eigenvalue weighted by atomic mass is 9.86. The SMILES string of the molecule is CC(C)(C)S(=O)(=O)NC[C@H]1CC[C@H](Nc2nc3cccnc3s2)CC1. The van der Waals surface area contributed by atoms with Crippen molar-refractivity contribution in [3.05, 3.63) is 18.3 Å². The maximum atomic E-state index is 12.1. The van der Waals surface area contributed by atoms with Crippen molar-refractivity contribution in [2.24, 2.45) is 5.92 Å². The van der Waals surface area contributed by atoms with E-state index in [0.717, 1.165) is 41.2 Å². The zero-order valence-corrected chi connectivity index (χ0v) is 16.6. The molecule has 2 heterocycles. The van der Waals surface area contributed by atoms with Gasteiger partial charge in [-0.05, 0) is 64.5 Å². The van der Waals surface area contributed by atoms with Crippen molar-refractivity contribution in [1.29, 1.82) is 0 Å². The Balaban J connectivity index is 1.49. The molecule has 0 aromatic carbocycles. The van der Waals surface area contributed by atoms with Crippen LogP contribution in [0.5, 0.6) is 0 Å². The van der Waals surface area contributed by atoms with Gasteiger partial charge in [0.2, 0.25) is 10.0 Å². The number of hydrogen-bond donors (Lipinski definition) is 2. The van der Waals surface area contributed by atoms with Gasteiger partial charge in [0.25, 0.3) is 0 Å². The third-order valence-corrected chi connectivity index (χ3v) is 7.78. The third kappa shape index (κ3) is 4.48. The van der Waals surface area contributed by atoms with Gasteiger partial charge in [-0.25, -0.2) is 23.1 Å². The van der Waals surface area contributed by atoms with E-state index in [4.69, 9.17) is 0 Å². The van der Waals surface area contributed by atoms with Crippen molar-refractivity contribution < 1.29 is 8.42 Å². The molecule has 0 radical (unpaired) electrons. The van der Waals surface area contributed by atoms with Gasteiger partial charge >= 0.3 is 0 Å². The fraction of sp³-hybridized carbons (Fsp3) is 0.647. The lowest BCUT2D eigenvalue weighted by Gasteiger charge is -2.30. The Kier molecular flexibility index (Phi) is 5.31. The van der Waals surface area contributed by atoms with Crippen LogP contribution in [0.1, 0.15) is 46.5 Å². The fourth-order valence-electron chi connectivity index (χ4n) is 2.96. The molecule has 0 atom stereocenters. The van der Waals surface area contributed by atoms with E-state index in [1.807, 2.05) is 12.1 Å². The van der Waals surface area contributed by atoms with Crippen molar-refractivity contribution in [2.75, 3.05) is 11.9 Å². The van der Waals surface area contributed by atoms with Crippen LogP contribution < -0.4 is 10.0 Å². The molecule has 0 aliphatic heterocycles. The molecule has 3 rings (SSSR count). The second-order valence-electron chi connectivity index (χ2n) is 7.67. The summed E-state index contributed by atoms with van der Waals surface area (Å²) in [6.45, 7) is 5.71. The fourth-order valence-corrected chi connectivity index (χ4v) is 4.73. The number of nitrogens with one attached hydrogen (secondary N) is 2. The summed E-state index contributed by atoms with van der Waals surface area (Å²) < 4.78 is 26.3. The molecule has 0 bridgehead atoms. The molecule has 0 spiro atoms. The highest BCUT2D eigenvalue weighted by molar-refractivity contribution is 7.90. The van der Waals surface area contributed by atoms with E-state index in [1.165, 1.54) is 0 Å². The Hall–Kier alpha value is -1.25. The van der Waals surface area contributed by atoms with Crippen molar-refractivity contribution >= 4 is 36.8 Å². The zero-order valence-electron chi connectivity index (χ0n) is 14.9. The number of hydrogen-bond acceptors (Lipinski definition) is 6. The van der Waals surface area contributed by atoms with E-state index >= 15 is 0 Å². The summed E-state index contributed by atoms with van der Waals surface area (Å²) in [4.78, 5) is 9.85. The summed E-state index contributed by atoms with van der Waals surface area (Å²) in [6.07, 6.45) is 5.89. The normalized spacial score (nSPS) is 22.2. The standard InChI is InChI=1S/C17H26N4O2S2/c1-17(2,3)25(22,23)19-11-12-6-8-13(9-7-12)20-16-21-14-5-4-10-18-15(14)24-16/h4-5,10,12-13,19H,6-9,11H2,1-3H3,(H,20,21)/t12-,13-. The van der Waals surface area contributed by atoms with Crippen LogP contribution >= 0.6 is 11.3 Å². The largest absolute Gasteiger partial charge is 0.359 e. The Morgan fingerprint density at radius 1 is 1.24 bits per heavy atom. The molecule has 0 amide bonds. The van der Waals surface area contributed by atoms with Crippen LogP contribution in [0, 0.1) is 5.92 Å². The van der Waals surface area contributed by atoms with Gasteiger partial charge in [0.15, 0.2) is 5.13 Å². The number of sulfonamides is 1. The van der Waals surface area contributed by atoms with Gasteiger partial charge in [-0.2, -0.15) is 0 Å². The van der Waals surface area contributed by atoms with Crippen LogP contribution in [0.3, 0.4) is 0 Å². The minimum atomic E-state index is -3.25. The summed E-state index contributed by atoms with van der Waals surface area (Å²) in [5.41, 5.74) is 0.931. The first kappa shape index (κ1) is 18.5. The molecule has 25 heavy (non-hydrogen) atoms. The minimum Gasteiger partial charge on any atom is -0.359 e. The first-order valence-corrected chi connectivity index (χ1v) is 11.0. The lowest BCUT2D eigenvalue weighted by molar-refractivity contribution is 0.336. The van der Waals surface area contributed by atoms with E-state index in [9.17, 15) is 8.42 Å². The predicted molar refractivity (Wildman–Crippen MR) is 103 cm³/mol. The Labute approximate surface area is 153 Å².